The van der Waals surface area contributed by atoms with Gasteiger partial charge in [0.25, 0.3) is 5.91 Å². The Balaban J connectivity index is 1.65. The molecule has 1 atom stereocenters. The van der Waals surface area contributed by atoms with Crippen molar-refractivity contribution in [1.29, 1.82) is 0 Å². The molecule has 6 nitrogen and oxygen atoms in total. The molecule has 1 aliphatic heterocycles. The monoisotopic (exact) mass is 413 g/mol. The van der Waals surface area contributed by atoms with Crippen LogP contribution in [0.1, 0.15) is 29.4 Å². The second-order valence-electron chi connectivity index (χ2n) is 6.48. The van der Waals surface area contributed by atoms with Crippen molar-refractivity contribution in [2.45, 2.75) is 25.8 Å². The SMILES string of the molecule is CCCN(C(=O)COC(=O)c1cc2c(F)cccc2s1)[C@@H]1CCS(=O)(=O)C1. The number of rotatable bonds is 6. The third-order valence-corrected chi connectivity index (χ3v) is 7.30. The maximum absolute atomic E-state index is 13.7. The number of sulfone groups is 1. The second-order valence-corrected chi connectivity index (χ2v) is 9.79. The smallest absolute Gasteiger partial charge is 0.348 e. The van der Waals surface area contributed by atoms with Crippen LogP contribution < -0.4 is 0 Å². The molecule has 27 heavy (non-hydrogen) atoms. The maximum Gasteiger partial charge on any atom is 0.348 e. The first kappa shape index (κ1) is 19.8. The van der Waals surface area contributed by atoms with Gasteiger partial charge in [0.1, 0.15) is 10.7 Å². The van der Waals surface area contributed by atoms with Crippen LogP contribution in [0.25, 0.3) is 10.1 Å². The molecule has 3 rings (SSSR count). The van der Waals surface area contributed by atoms with Crippen LogP contribution in [0, 0.1) is 5.82 Å². The molecule has 0 saturated carbocycles. The molecule has 2 aromatic rings. The molecule has 1 aromatic carbocycles. The number of thiophene rings is 1. The molecular formula is C18H20FNO5S2. The fourth-order valence-electron chi connectivity index (χ4n) is 3.18. The molecule has 9 heteroatoms. The van der Waals surface area contributed by atoms with Gasteiger partial charge in [0.15, 0.2) is 16.4 Å². The first-order valence-electron chi connectivity index (χ1n) is 8.66. The predicted octanol–water partition coefficient (Wildman–Crippen LogP) is 2.62. The Bertz CT molecular complexity index is 969. The zero-order chi connectivity index (χ0) is 19.6. The van der Waals surface area contributed by atoms with E-state index in [1.165, 1.54) is 17.0 Å². The minimum absolute atomic E-state index is 0.0533. The Kier molecular flexibility index (Phi) is 5.81. The van der Waals surface area contributed by atoms with Crippen molar-refractivity contribution >= 4 is 43.1 Å². The summed E-state index contributed by atoms with van der Waals surface area (Å²) in [6, 6.07) is 5.61. The van der Waals surface area contributed by atoms with Gasteiger partial charge >= 0.3 is 5.97 Å². The Morgan fingerprint density at radius 2 is 2.15 bits per heavy atom. The van der Waals surface area contributed by atoms with Crippen LogP contribution in [0.2, 0.25) is 0 Å². The van der Waals surface area contributed by atoms with Gasteiger partial charge < -0.3 is 9.64 Å². The summed E-state index contributed by atoms with van der Waals surface area (Å²) in [5.41, 5.74) is 0. The number of nitrogens with zero attached hydrogens (tertiary/aromatic N) is 1. The molecule has 1 saturated heterocycles. The summed E-state index contributed by atoms with van der Waals surface area (Å²) in [6.07, 6.45) is 1.07. The number of hydrogen-bond donors (Lipinski definition) is 0. The number of ether oxygens (including phenoxy) is 1. The standard InChI is InChI=1S/C18H20FNO5S2/c1-2-7-20(12-6-8-27(23,24)11-12)17(21)10-25-18(22)16-9-13-14(19)4-3-5-15(13)26-16/h3-5,9,12H,2,6-8,10-11H2,1H3/t12-/m1/s1. The average Bonchev–Trinajstić information content (AvgIpc) is 3.21. The van der Waals surface area contributed by atoms with Gasteiger partial charge in [0, 0.05) is 22.7 Å². The molecule has 0 unspecified atom stereocenters. The number of esters is 1. The summed E-state index contributed by atoms with van der Waals surface area (Å²) >= 11 is 1.10. The van der Waals surface area contributed by atoms with Crippen LogP contribution in [0.15, 0.2) is 24.3 Å². The van der Waals surface area contributed by atoms with E-state index in [9.17, 15) is 22.4 Å². The highest BCUT2D eigenvalue weighted by atomic mass is 32.2. The van der Waals surface area contributed by atoms with Crippen molar-refractivity contribution < 1.29 is 27.1 Å². The van der Waals surface area contributed by atoms with Crippen LogP contribution in [-0.4, -0.2) is 55.9 Å². The topological polar surface area (TPSA) is 80.8 Å². The largest absolute Gasteiger partial charge is 0.451 e. The fourth-order valence-corrected chi connectivity index (χ4v) is 5.88. The van der Waals surface area contributed by atoms with Gasteiger partial charge in [0.05, 0.1) is 11.5 Å². The molecule has 1 aliphatic rings. The summed E-state index contributed by atoms with van der Waals surface area (Å²) in [7, 11) is -3.12. The van der Waals surface area contributed by atoms with Crippen LogP contribution >= 0.6 is 11.3 Å². The molecule has 0 bridgehead atoms. The summed E-state index contributed by atoms with van der Waals surface area (Å²) in [4.78, 5) is 26.4. The zero-order valence-corrected chi connectivity index (χ0v) is 16.4. The van der Waals surface area contributed by atoms with Gasteiger partial charge in [-0.15, -0.1) is 11.3 Å². The van der Waals surface area contributed by atoms with E-state index in [1.807, 2.05) is 6.92 Å². The number of amides is 1. The van der Waals surface area contributed by atoms with Crippen LogP contribution in [-0.2, 0) is 19.4 Å². The predicted molar refractivity (Wildman–Crippen MR) is 101 cm³/mol. The van der Waals surface area contributed by atoms with E-state index in [1.54, 1.807) is 12.1 Å². The number of hydrogen-bond acceptors (Lipinski definition) is 6. The molecular weight excluding hydrogens is 393 g/mol. The maximum atomic E-state index is 13.7. The molecule has 0 N–H and O–H groups in total. The van der Waals surface area contributed by atoms with Gasteiger partial charge in [-0.1, -0.05) is 13.0 Å². The van der Waals surface area contributed by atoms with E-state index in [0.29, 0.717) is 29.5 Å². The van der Waals surface area contributed by atoms with E-state index >= 15 is 0 Å². The van der Waals surface area contributed by atoms with E-state index in [-0.39, 0.29) is 22.4 Å². The second kappa shape index (κ2) is 7.93. The molecule has 1 amide bonds. The highest BCUT2D eigenvalue weighted by molar-refractivity contribution is 7.91. The van der Waals surface area contributed by atoms with Gasteiger partial charge in [-0.25, -0.2) is 17.6 Å². The Morgan fingerprint density at radius 1 is 1.37 bits per heavy atom. The van der Waals surface area contributed by atoms with Crippen molar-refractivity contribution in [3.05, 3.63) is 35.0 Å². The third-order valence-electron chi connectivity index (χ3n) is 4.47. The Hall–Kier alpha value is -2.00. The Labute approximate surface area is 160 Å². The minimum atomic E-state index is -3.12. The van der Waals surface area contributed by atoms with Crippen LogP contribution in [0.5, 0.6) is 0 Å². The first-order valence-corrected chi connectivity index (χ1v) is 11.3. The quantitative estimate of drug-likeness (QED) is 0.680. The third kappa shape index (κ3) is 4.47. The van der Waals surface area contributed by atoms with Crippen molar-refractivity contribution in [2.75, 3.05) is 24.7 Å². The average molecular weight is 413 g/mol. The summed E-state index contributed by atoms with van der Waals surface area (Å²) in [5.74, 6) is -1.52. The lowest BCUT2D eigenvalue weighted by molar-refractivity contribution is -0.136. The van der Waals surface area contributed by atoms with Gasteiger partial charge in [-0.2, -0.15) is 0 Å². The van der Waals surface area contributed by atoms with E-state index < -0.39 is 34.1 Å². The van der Waals surface area contributed by atoms with E-state index in [2.05, 4.69) is 0 Å². The van der Waals surface area contributed by atoms with Gasteiger partial charge in [-0.3, -0.25) is 4.79 Å². The van der Waals surface area contributed by atoms with E-state index in [0.717, 1.165) is 11.3 Å². The molecule has 0 aliphatic carbocycles. The van der Waals surface area contributed by atoms with E-state index in [4.69, 9.17) is 4.74 Å². The van der Waals surface area contributed by atoms with Crippen molar-refractivity contribution in [3.8, 4) is 0 Å². The number of fused-ring (bicyclic) bond motifs is 1. The molecule has 146 valence electrons. The Morgan fingerprint density at radius 3 is 2.78 bits per heavy atom. The number of carbonyl (C=O) groups is 2. The summed E-state index contributed by atoms with van der Waals surface area (Å²) in [5, 5.41) is 0.338. The number of benzene rings is 1. The molecule has 1 fully saturated rings. The zero-order valence-electron chi connectivity index (χ0n) is 14.8. The lowest BCUT2D eigenvalue weighted by atomic mass is 10.2. The van der Waals surface area contributed by atoms with Crippen molar-refractivity contribution in [3.63, 3.8) is 0 Å². The lowest BCUT2D eigenvalue weighted by Crippen LogP contribution is -2.43. The van der Waals surface area contributed by atoms with Crippen molar-refractivity contribution in [1.82, 2.24) is 4.90 Å². The lowest BCUT2D eigenvalue weighted by Gasteiger charge is -2.27. The highest BCUT2D eigenvalue weighted by Crippen LogP contribution is 2.28. The number of carbonyl (C=O) groups excluding carboxylic acids is 2. The van der Waals surface area contributed by atoms with Gasteiger partial charge in [-0.05, 0) is 31.0 Å². The minimum Gasteiger partial charge on any atom is -0.451 e. The fraction of sp³-hybridized carbons (Fsp3) is 0.444. The molecule has 1 aromatic heterocycles. The molecule has 0 radical (unpaired) electrons. The summed E-state index contributed by atoms with van der Waals surface area (Å²) < 4.78 is 42.8. The normalized spacial score (nSPS) is 18.5. The van der Waals surface area contributed by atoms with Crippen molar-refractivity contribution in [2.24, 2.45) is 0 Å². The van der Waals surface area contributed by atoms with Gasteiger partial charge in [0.2, 0.25) is 0 Å². The summed E-state index contributed by atoms with van der Waals surface area (Å²) in [6.45, 7) is 1.83. The number of halogens is 1. The molecule has 0 spiro atoms. The van der Waals surface area contributed by atoms with Crippen LogP contribution in [0.4, 0.5) is 4.39 Å². The first-order chi connectivity index (χ1) is 12.8. The molecule has 2 heterocycles. The van der Waals surface area contributed by atoms with Crippen LogP contribution in [0.3, 0.4) is 0 Å². The highest BCUT2D eigenvalue weighted by Gasteiger charge is 2.34.